The molecule has 3 N–H and O–H groups in total. The van der Waals surface area contributed by atoms with Gasteiger partial charge in [0.05, 0.1) is 20.2 Å². The van der Waals surface area contributed by atoms with Gasteiger partial charge in [-0.25, -0.2) is 4.79 Å². The van der Waals surface area contributed by atoms with E-state index in [2.05, 4.69) is 5.32 Å². The summed E-state index contributed by atoms with van der Waals surface area (Å²) in [5.74, 6) is 0.267. The fraction of sp³-hybridized carbons (Fsp3) is 0.562. The first-order chi connectivity index (χ1) is 9.94. The molecule has 0 saturated carbocycles. The molecule has 0 spiro atoms. The van der Waals surface area contributed by atoms with E-state index in [1.54, 1.807) is 6.07 Å². The molecule has 0 radical (unpaired) electrons. The smallest absolute Gasteiger partial charge is 0.342 e. The van der Waals surface area contributed by atoms with Crippen LogP contribution in [0.3, 0.4) is 0 Å². The van der Waals surface area contributed by atoms with Crippen molar-refractivity contribution in [1.29, 1.82) is 0 Å². The summed E-state index contributed by atoms with van der Waals surface area (Å²) in [6.45, 7) is 6.02. The average molecular weight is 294 g/mol. The predicted octanol–water partition coefficient (Wildman–Crippen LogP) is 1.31. The highest BCUT2D eigenvalue weighted by molar-refractivity contribution is 5.93. The molecule has 2 rings (SSSR count). The van der Waals surface area contributed by atoms with Crippen molar-refractivity contribution in [3.8, 4) is 11.5 Å². The number of methoxy groups -OCH3 is 1. The molecule has 0 aliphatic carbocycles. The maximum atomic E-state index is 12.3. The van der Waals surface area contributed by atoms with Gasteiger partial charge in [0.1, 0.15) is 22.7 Å². The molecule has 1 heterocycles. The number of carbonyl (C=O) groups is 1. The van der Waals surface area contributed by atoms with Crippen LogP contribution in [0.2, 0.25) is 0 Å². The number of quaternary nitrogens is 1. The first kappa shape index (κ1) is 15.6. The van der Waals surface area contributed by atoms with Gasteiger partial charge in [-0.1, -0.05) is 0 Å². The molecule has 1 aromatic rings. The number of aromatic hydroxyl groups is 1. The number of phenolic OH excluding ortho intramolecular Hbond substituents is 1. The van der Waals surface area contributed by atoms with E-state index in [0.717, 1.165) is 25.9 Å². The van der Waals surface area contributed by atoms with E-state index >= 15 is 0 Å². The minimum absolute atomic E-state index is 0.0893. The molecule has 0 bridgehead atoms. The first-order valence-electron chi connectivity index (χ1n) is 7.36. The third kappa shape index (κ3) is 3.67. The molecule has 1 aliphatic heterocycles. The number of ether oxygens (including phenoxy) is 2. The van der Waals surface area contributed by atoms with Crippen molar-refractivity contribution in [2.45, 2.75) is 32.3 Å². The van der Waals surface area contributed by atoms with E-state index in [-0.39, 0.29) is 11.3 Å². The van der Waals surface area contributed by atoms with Crippen LogP contribution >= 0.6 is 0 Å². The van der Waals surface area contributed by atoms with Crippen molar-refractivity contribution in [3.05, 3.63) is 23.8 Å². The molecule has 21 heavy (non-hydrogen) atoms. The Morgan fingerprint density at radius 1 is 1.33 bits per heavy atom. The highest BCUT2D eigenvalue weighted by atomic mass is 16.6. The Morgan fingerprint density at radius 3 is 2.62 bits per heavy atom. The lowest BCUT2D eigenvalue weighted by molar-refractivity contribution is -0.665. The van der Waals surface area contributed by atoms with Crippen LogP contribution in [0, 0.1) is 5.92 Å². The van der Waals surface area contributed by atoms with Crippen molar-refractivity contribution in [2.75, 3.05) is 20.2 Å². The van der Waals surface area contributed by atoms with Gasteiger partial charge in [-0.15, -0.1) is 0 Å². The van der Waals surface area contributed by atoms with E-state index < -0.39 is 11.6 Å². The fourth-order valence-corrected chi connectivity index (χ4v) is 2.80. The lowest BCUT2D eigenvalue weighted by atomic mass is 9.83. The van der Waals surface area contributed by atoms with Crippen LogP contribution in [0.15, 0.2) is 18.2 Å². The first-order valence-corrected chi connectivity index (χ1v) is 7.36. The Balaban J connectivity index is 2.12. The minimum atomic E-state index is -0.541. The SMILES string of the molecule is COc1ccc(O)c(C(=O)OC(C)(C)C2CC[NH2+]CC2)c1. The Labute approximate surface area is 125 Å². The second kappa shape index (κ2) is 6.35. The quantitative estimate of drug-likeness (QED) is 0.821. The standard InChI is InChI=1S/C16H23NO4/c1-16(2,11-6-8-17-9-7-11)21-15(19)13-10-12(20-3)4-5-14(13)18/h4-5,10-11,17-18H,6-9H2,1-3H3/p+1. The van der Waals surface area contributed by atoms with E-state index in [4.69, 9.17) is 9.47 Å². The number of benzene rings is 1. The summed E-state index contributed by atoms with van der Waals surface area (Å²) in [5.41, 5.74) is -0.397. The van der Waals surface area contributed by atoms with Gasteiger partial charge in [0.15, 0.2) is 0 Å². The van der Waals surface area contributed by atoms with Gasteiger partial charge in [0.2, 0.25) is 0 Å². The van der Waals surface area contributed by atoms with Gasteiger partial charge in [-0.05, 0) is 32.0 Å². The Kier molecular flexibility index (Phi) is 4.73. The number of hydrogen-bond donors (Lipinski definition) is 2. The number of hydrogen-bond acceptors (Lipinski definition) is 4. The lowest BCUT2D eigenvalue weighted by Crippen LogP contribution is -2.86. The topological polar surface area (TPSA) is 72.4 Å². The molecular formula is C16H24NO4+. The fourth-order valence-electron chi connectivity index (χ4n) is 2.80. The van der Waals surface area contributed by atoms with Crippen LogP contribution in [-0.4, -0.2) is 36.9 Å². The van der Waals surface area contributed by atoms with E-state index in [9.17, 15) is 9.90 Å². The molecule has 5 heteroatoms. The average Bonchev–Trinajstić information content (AvgIpc) is 2.48. The third-order valence-electron chi connectivity index (χ3n) is 4.20. The number of carbonyl (C=O) groups excluding carboxylic acids is 1. The molecule has 0 atom stereocenters. The van der Waals surface area contributed by atoms with Gasteiger partial charge in [-0.2, -0.15) is 0 Å². The zero-order valence-corrected chi connectivity index (χ0v) is 12.9. The maximum Gasteiger partial charge on any atom is 0.342 e. The minimum Gasteiger partial charge on any atom is -0.507 e. The summed E-state index contributed by atoms with van der Waals surface area (Å²) < 4.78 is 10.8. The van der Waals surface area contributed by atoms with Crippen molar-refractivity contribution < 1.29 is 24.7 Å². The van der Waals surface area contributed by atoms with Crippen LogP contribution in [-0.2, 0) is 4.74 Å². The summed E-state index contributed by atoms with van der Waals surface area (Å²) in [5, 5.41) is 12.1. The number of nitrogens with two attached hydrogens (primary N) is 1. The normalized spacial score (nSPS) is 16.5. The number of piperidine rings is 1. The second-order valence-electron chi connectivity index (χ2n) is 6.02. The van der Waals surface area contributed by atoms with Crippen LogP contribution in [0.25, 0.3) is 0 Å². The van der Waals surface area contributed by atoms with Crippen molar-refractivity contribution in [2.24, 2.45) is 5.92 Å². The van der Waals surface area contributed by atoms with Crippen LogP contribution in [0.1, 0.15) is 37.0 Å². The van der Waals surface area contributed by atoms with E-state index in [1.807, 2.05) is 13.8 Å². The van der Waals surface area contributed by atoms with E-state index in [0.29, 0.717) is 11.7 Å². The van der Waals surface area contributed by atoms with Crippen molar-refractivity contribution in [3.63, 3.8) is 0 Å². The van der Waals surface area contributed by atoms with Crippen molar-refractivity contribution in [1.82, 2.24) is 0 Å². The summed E-state index contributed by atoms with van der Waals surface area (Å²) >= 11 is 0. The van der Waals surface area contributed by atoms with Gasteiger partial charge in [0, 0.05) is 18.8 Å². The molecule has 116 valence electrons. The molecular weight excluding hydrogens is 270 g/mol. The molecule has 0 amide bonds. The van der Waals surface area contributed by atoms with Gasteiger partial charge in [0.25, 0.3) is 0 Å². The third-order valence-corrected chi connectivity index (χ3v) is 4.20. The zero-order valence-electron chi connectivity index (χ0n) is 12.9. The number of rotatable bonds is 4. The maximum absolute atomic E-state index is 12.3. The Morgan fingerprint density at radius 2 is 2.00 bits per heavy atom. The second-order valence-corrected chi connectivity index (χ2v) is 6.02. The molecule has 5 nitrogen and oxygen atoms in total. The molecule has 1 saturated heterocycles. The van der Waals surface area contributed by atoms with Crippen LogP contribution < -0.4 is 10.1 Å². The molecule has 1 aromatic carbocycles. The summed E-state index contributed by atoms with van der Waals surface area (Å²) in [6, 6.07) is 4.55. The Bertz CT molecular complexity index is 507. The monoisotopic (exact) mass is 294 g/mol. The largest absolute Gasteiger partial charge is 0.507 e. The number of phenols is 1. The number of esters is 1. The molecule has 0 aromatic heterocycles. The summed E-state index contributed by atoms with van der Waals surface area (Å²) in [6.07, 6.45) is 2.06. The Hall–Kier alpha value is -1.75. The molecule has 1 fully saturated rings. The lowest BCUT2D eigenvalue weighted by Gasteiger charge is -2.35. The van der Waals surface area contributed by atoms with Crippen LogP contribution in [0.5, 0.6) is 11.5 Å². The highest BCUT2D eigenvalue weighted by Gasteiger charge is 2.36. The van der Waals surface area contributed by atoms with Gasteiger partial charge in [-0.3, -0.25) is 0 Å². The predicted molar refractivity (Wildman–Crippen MR) is 78.5 cm³/mol. The van der Waals surface area contributed by atoms with Gasteiger partial charge >= 0.3 is 5.97 Å². The molecule has 0 unspecified atom stereocenters. The van der Waals surface area contributed by atoms with Gasteiger partial charge < -0.3 is 19.9 Å². The van der Waals surface area contributed by atoms with Crippen molar-refractivity contribution >= 4 is 5.97 Å². The molecule has 1 aliphatic rings. The van der Waals surface area contributed by atoms with E-state index in [1.165, 1.54) is 19.2 Å². The summed E-state index contributed by atoms with van der Waals surface area (Å²) in [7, 11) is 1.52. The zero-order chi connectivity index (χ0) is 15.5. The summed E-state index contributed by atoms with van der Waals surface area (Å²) in [4.78, 5) is 12.3. The van der Waals surface area contributed by atoms with Crippen LogP contribution in [0.4, 0.5) is 0 Å². The highest BCUT2D eigenvalue weighted by Crippen LogP contribution is 2.31.